The predicted octanol–water partition coefficient (Wildman–Crippen LogP) is 2.47. The van der Waals surface area contributed by atoms with Gasteiger partial charge in [-0.15, -0.1) is 0 Å². The molecule has 1 unspecified atom stereocenters. The first-order valence-electron chi connectivity index (χ1n) is 5.46. The minimum atomic E-state index is 0.201. The summed E-state index contributed by atoms with van der Waals surface area (Å²) in [6, 6.07) is 10.1. The fourth-order valence-electron chi connectivity index (χ4n) is 1.36. The van der Waals surface area contributed by atoms with Gasteiger partial charge < -0.3 is 9.84 Å². The summed E-state index contributed by atoms with van der Waals surface area (Å²) in [5, 5.41) is 9.11. The van der Waals surface area contributed by atoms with Crippen molar-refractivity contribution in [3.63, 3.8) is 0 Å². The van der Waals surface area contributed by atoms with Crippen molar-refractivity contribution < 1.29 is 9.84 Å². The topological polar surface area (TPSA) is 29.5 Å². The molecule has 1 aromatic rings. The summed E-state index contributed by atoms with van der Waals surface area (Å²) in [5.74, 6) is 0.708. The summed E-state index contributed by atoms with van der Waals surface area (Å²) in [6.07, 6.45) is 0. The van der Waals surface area contributed by atoms with Gasteiger partial charge in [0.05, 0.1) is 13.2 Å². The number of aliphatic hydroxyl groups is 1. The van der Waals surface area contributed by atoms with Crippen molar-refractivity contribution in [1.82, 2.24) is 0 Å². The first-order valence-corrected chi connectivity index (χ1v) is 5.46. The van der Waals surface area contributed by atoms with E-state index in [4.69, 9.17) is 9.84 Å². The van der Waals surface area contributed by atoms with Gasteiger partial charge >= 0.3 is 0 Å². The maximum Gasteiger partial charge on any atom is 0.0717 e. The highest BCUT2D eigenvalue weighted by Gasteiger charge is 2.11. The second kappa shape index (κ2) is 6.59. The van der Waals surface area contributed by atoms with Crippen molar-refractivity contribution in [3.8, 4) is 0 Å². The number of aliphatic hydroxyl groups excluding tert-OH is 1. The predicted molar refractivity (Wildman–Crippen MR) is 61.5 cm³/mol. The minimum absolute atomic E-state index is 0.201. The van der Waals surface area contributed by atoms with Gasteiger partial charge in [0.25, 0.3) is 0 Å². The molecule has 0 spiro atoms. The fraction of sp³-hybridized carbons (Fsp3) is 0.538. The molecule has 0 radical (unpaired) electrons. The first-order chi connectivity index (χ1) is 7.24. The second-order valence-corrected chi connectivity index (χ2v) is 4.19. The highest BCUT2D eigenvalue weighted by Crippen LogP contribution is 2.11. The van der Waals surface area contributed by atoms with Crippen molar-refractivity contribution in [3.05, 3.63) is 35.9 Å². The second-order valence-electron chi connectivity index (χ2n) is 4.19. The number of rotatable bonds is 6. The molecule has 0 heterocycles. The highest BCUT2D eigenvalue weighted by atomic mass is 16.5. The Morgan fingerprint density at radius 1 is 1.20 bits per heavy atom. The van der Waals surface area contributed by atoms with Gasteiger partial charge in [-0.1, -0.05) is 44.2 Å². The SMILES string of the molecule is CC(C)C(CO)COCc1ccccc1. The number of ether oxygens (including phenoxy) is 1. The van der Waals surface area contributed by atoms with Crippen LogP contribution in [0.15, 0.2) is 30.3 Å². The lowest BCUT2D eigenvalue weighted by Crippen LogP contribution is -2.19. The summed E-state index contributed by atoms with van der Waals surface area (Å²) in [5.41, 5.74) is 1.18. The Morgan fingerprint density at radius 3 is 2.40 bits per heavy atom. The third-order valence-electron chi connectivity index (χ3n) is 2.62. The fourth-order valence-corrected chi connectivity index (χ4v) is 1.36. The van der Waals surface area contributed by atoms with Crippen LogP contribution in [0.1, 0.15) is 19.4 Å². The zero-order valence-electron chi connectivity index (χ0n) is 9.52. The van der Waals surface area contributed by atoms with Crippen LogP contribution < -0.4 is 0 Å². The van der Waals surface area contributed by atoms with E-state index in [1.54, 1.807) is 0 Å². The lowest BCUT2D eigenvalue weighted by Gasteiger charge is -2.17. The highest BCUT2D eigenvalue weighted by molar-refractivity contribution is 5.13. The van der Waals surface area contributed by atoms with Gasteiger partial charge in [0.15, 0.2) is 0 Å². The smallest absolute Gasteiger partial charge is 0.0717 e. The van der Waals surface area contributed by atoms with Crippen molar-refractivity contribution in [1.29, 1.82) is 0 Å². The van der Waals surface area contributed by atoms with Crippen LogP contribution in [0, 0.1) is 11.8 Å². The van der Waals surface area contributed by atoms with Crippen LogP contribution in [-0.2, 0) is 11.3 Å². The van der Waals surface area contributed by atoms with Gasteiger partial charge in [0.1, 0.15) is 0 Å². The van der Waals surface area contributed by atoms with E-state index in [0.717, 1.165) is 0 Å². The average molecular weight is 208 g/mol. The number of hydrogen-bond donors (Lipinski definition) is 1. The molecule has 0 bridgehead atoms. The first kappa shape index (κ1) is 12.2. The van der Waals surface area contributed by atoms with E-state index >= 15 is 0 Å². The Bertz CT molecular complexity index is 256. The molecule has 1 atom stereocenters. The third kappa shape index (κ3) is 4.45. The lowest BCUT2D eigenvalue weighted by molar-refractivity contribution is 0.0448. The molecular weight excluding hydrogens is 188 g/mol. The molecule has 84 valence electrons. The Labute approximate surface area is 91.9 Å². The zero-order valence-corrected chi connectivity index (χ0v) is 9.52. The molecule has 15 heavy (non-hydrogen) atoms. The Hall–Kier alpha value is -0.860. The van der Waals surface area contributed by atoms with Gasteiger partial charge in [0.2, 0.25) is 0 Å². The van der Waals surface area contributed by atoms with Crippen LogP contribution in [0.2, 0.25) is 0 Å². The summed E-state index contributed by atoms with van der Waals surface area (Å²) < 4.78 is 5.57. The van der Waals surface area contributed by atoms with Gasteiger partial charge in [-0.3, -0.25) is 0 Å². The van der Waals surface area contributed by atoms with E-state index in [-0.39, 0.29) is 12.5 Å². The van der Waals surface area contributed by atoms with Crippen LogP contribution in [-0.4, -0.2) is 18.3 Å². The van der Waals surface area contributed by atoms with E-state index in [1.165, 1.54) is 5.56 Å². The van der Waals surface area contributed by atoms with Gasteiger partial charge in [-0.2, -0.15) is 0 Å². The molecule has 1 rings (SSSR count). The molecular formula is C13H20O2. The largest absolute Gasteiger partial charge is 0.396 e. The van der Waals surface area contributed by atoms with Gasteiger partial charge in [-0.05, 0) is 11.5 Å². The molecule has 0 aromatic heterocycles. The van der Waals surface area contributed by atoms with Gasteiger partial charge in [0, 0.05) is 12.5 Å². The molecule has 0 saturated carbocycles. The Kier molecular flexibility index (Phi) is 5.37. The van der Waals surface area contributed by atoms with E-state index in [2.05, 4.69) is 13.8 Å². The average Bonchev–Trinajstić information content (AvgIpc) is 2.25. The van der Waals surface area contributed by atoms with Crippen LogP contribution in [0.5, 0.6) is 0 Å². The molecule has 0 amide bonds. The Balaban J connectivity index is 2.27. The van der Waals surface area contributed by atoms with Crippen LogP contribution in [0.3, 0.4) is 0 Å². The summed E-state index contributed by atoms with van der Waals surface area (Å²) in [4.78, 5) is 0. The van der Waals surface area contributed by atoms with E-state index < -0.39 is 0 Å². The minimum Gasteiger partial charge on any atom is -0.396 e. The van der Waals surface area contributed by atoms with E-state index in [1.807, 2.05) is 30.3 Å². The Morgan fingerprint density at radius 2 is 1.87 bits per heavy atom. The molecule has 0 aliphatic rings. The maximum absolute atomic E-state index is 9.11. The molecule has 2 heteroatoms. The van der Waals surface area contributed by atoms with Crippen molar-refractivity contribution in [2.24, 2.45) is 11.8 Å². The monoisotopic (exact) mass is 208 g/mol. The van der Waals surface area contributed by atoms with Crippen molar-refractivity contribution in [2.75, 3.05) is 13.2 Å². The normalized spacial score (nSPS) is 13.1. The van der Waals surface area contributed by atoms with Crippen LogP contribution in [0.25, 0.3) is 0 Å². The van der Waals surface area contributed by atoms with E-state index in [0.29, 0.717) is 19.1 Å². The number of benzene rings is 1. The summed E-state index contributed by atoms with van der Waals surface area (Å²) in [7, 11) is 0. The molecule has 0 fully saturated rings. The molecule has 1 N–H and O–H groups in total. The van der Waals surface area contributed by atoms with Crippen LogP contribution in [0.4, 0.5) is 0 Å². The van der Waals surface area contributed by atoms with Crippen molar-refractivity contribution >= 4 is 0 Å². The third-order valence-corrected chi connectivity index (χ3v) is 2.62. The molecule has 0 aliphatic carbocycles. The quantitative estimate of drug-likeness (QED) is 0.778. The molecule has 2 nitrogen and oxygen atoms in total. The van der Waals surface area contributed by atoms with E-state index in [9.17, 15) is 0 Å². The van der Waals surface area contributed by atoms with Gasteiger partial charge in [-0.25, -0.2) is 0 Å². The molecule has 0 aliphatic heterocycles. The number of hydrogen-bond acceptors (Lipinski definition) is 2. The van der Waals surface area contributed by atoms with Crippen molar-refractivity contribution in [2.45, 2.75) is 20.5 Å². The molecule has 1 aromatic carbocycles. The molecule has 0 saturated heterocycles. The van der Waals surface area contributed by atoms with Crippen LogP contribution >= 0.6 is 0 Å². The standard InChI is InChI=1S/C13H20O2/c1-11(2)13(8-14)10-15-9-12-6-4-3-5-7-12/h3-7,11,13-14H,8-10H2,1-2H3. The summed E-state index contributed by atoms with van der Waals surface area (Å²) in [6.45, 7) is 5.67. The summed E-state index contributed by atoms with van der Waals surface area (Å²) >= 11 is 0. The lowest BCUT2D eigenvalue weighted by atomic mass is 9.98. The zero-order chi connectivity index (χ0) is 11.1. The maximum atomic E-state index is 9.11.